The molecule has 0 aliphatic rings. The summed E-state index contributed by atoms with van der Waals surface area (Å²) in [6.45, 7) is 2.28. The van der Waals surface area contributed by atoms with Crippen molar-refractivity contribution in [3.63, 3.8) is 0 Å². The number of aromatic nitrogens is 4. The normalized spacial score (nSPS) is 10.6. The minimum absolute atomic E-state index is 0.0395. The van der Waals surface area contributed by atoms with E-state index in [-0.39, 0.29) is 17.4 Å². The number of benzene rings is 2. The molecule has 29 heavy (non-hydrogen) atoms. The maximum absolute atomic E-state index is 12.5. The summed E-state index contributed by atoms with van der Waals surface area (Å²) < 4.78 is 6.81. The van der Waals surface area contributed by atoms with Crippen molar-refractivity contribution in [3.05, 3.63) is 59.7 Å². The standard InChI is InChI=1S/C20H21N5O3S/c1-3-19(27)21-16-8-6-15(7-9-16)18(26)13-29-20-22-23-24-25(20)12-14-4-10-17(28-2)11-5-14/h4-11H,3,12-13H2,1-2H3,(H,21,27). The van der Waals surface area contributed by atoms with Crippen LogP contribution in [0, 0.1) is 0 Å². The lowest BCUT2D eigenvalue weighted by Crippen LogP contribution is -2.10. The number of ether oxygens (including phenoxy) is 1. The van der Waals surface area contributed by atoms with Gasteiger partial charge in [-0.15, -0.1) is 5.10 Å². The molecule has 150 valence electrons. The van der Waals surface area contributed by atoms with E-state index in [0.29, 0.717) is 29.4 Å². The third-order valence-electron chi connectivity index (χ3n) is 4.13. The summed E-state index contributed by atoms with van der Waals surface area (Å²) in [7, 11) is 1.62. The average Bonchev–Trinajstić information content (AvgIpc) is 3.19. The predicted molar refractivity (Wildman–Crippen MR) is 110 cm³/mol. The molecule has 1 N–H and O–H groups in total. The first-order valence-electron chi connectivity index (χ1n) is 9.04. The molecule has 0 unspecified atom stereocenters. The number of carbonyl (C=O) groups excluding carboxylic acids is 2. The third kappa shape index (κ3) is 5.64. The number of anilines is 1. The second-order valence-corrected chi connectivity index (χ2v) is 7.10. The lowest BCUT2D eigenvalue weighted by Gasteiger charge is -2.06. The summed E-state index contributed by atoms with van der Waals surface area (Å²) >= 11 is 1.28. The Kier molecular flexibility index (Phi) is 6.96. The average molecular weight is 411 g/mol. The van der Waals surface area contributed by atoms with E-state index in [9.17, 15) is 9.59 Å². The van der Waals surface area contributed by atoms with Gasteiger partial charge in [0.1, 0.15) is 5.75 Å². The quantitative estimate of drug-likeness (QED) is 0.427. The molecule has 0 aliphatic carbocycles. The summed E-state index contributed by atoms with van der Waals surface area (Å²) in [5.41, 5.74) is 2.27. The van der Waals surface area contributed by atoms with Crippen molar-refractivity contribution in [2.45, 2.75) is 25.0 Å². The van der Waals surface area contributed by atoms with Gasteiger partial charge in [-0.1, -0.05) is 30.8 Å². The lowest BCUT2D eigenvalue weighted by molar-refractivity contribution is -0.115. The van der Waals surface area contributed by atoms with Crippen LogP contribution in [0.5, 0.6) is 5.75 Å². The number of Topliss-reactive ketones (excluding diaryl/α,β-unsaturated/α-hetero) is 1. The van der Waals surface area contributed by atoms with Gasteiger partial charge in [0.05, 0.1) is 19.4 Å². The molecule has 3 rings (SSSR count). The molecule has 3 aromatic rings. The fraction of sp³-hybridized carbons (Fsp3) is 0.250. The molecule has 0 fully saturated rings. The van der Waals surface area contributed by atoms with Gasteiger partial charge in [0.15, 0.2) is 5.78 Å². The Morgan fingerprint density at radius 3 is 2.48 bits per heavy atom. The van der Waals surface area contributed by atoms with Gasteiger partial charge in [-0.2, -0.15) is 0 Å². The van der Waals surface area contributed by atoms with Crippen molar-refractivity contribution in [1.82, 2.24) is 20.2 Å². The monoisotopic (exact) mass is 411 g/mol. The Balaban J connectivity index is 1.58. The maximum atomic E-state index is 12.5. The van der Waals surface area contributed by atoms with Crippen molar-refractivity contribution >= 4 is 29.1 Å². The molecular formula is C20H21N5O3S. The van der Waals surface area contributed by atoms with E-state index in [1.54, 1.807) is 43.0 Å². The molecule has 0 saturated heterocycles. The van der Waals surface area contributed by atoms with Crippen LogP contribution in [0.15, 0.2) is 53.7 Å². The molecule has 0 radical (unpaired) electrons. The van der Waals surface area contributed by atoms with Crippen LogP contribution >= 0.6 is 11.8 Å². The minimum Gasteiger partial charge on any atom is -0.497 e. The van der Waals surface area contributed by atoms with Gasteiger partial charge in [-0.25, -0.2) is 4.68 Å². The number of rotatable bonds is 9. The van der Waals surface area contributed by atoms with E-state index < -0.39 is 0 Å². The molecule has 8 nitrogen and oxygen atoms in total. The molecular weight excluding hydrogens is 390 g/mol. The van der Waals surface area contributed by atoms with Crippen LogP contribution in [0.3, 0.4) is 0 Å². The van der Waals surface area contributed by atoms with Crippen LogP contribution in [0.1, 0.15) is 29.3 Å². The zero-order valence-electron chi connectivity index (χ0n) is 16.2. The van der Waals surface area contributed by atoms with E-state index >= 15 is 0 Å². The summed E-state index contributed by atoms with van der Waals surface area (Å²) in [6, 6.07) is 14.5. The van der Waals surface area contributed by atoms with E-state index in [2.05, 4.69) is 20.8 Å². The van der Waals surface area contributed by atoms with Crippen molar-refractivity contribution < 1.29 is 14.3 Å². The molecule has 0 aliphatic heterocycles. The van der Waals surface area contributed by atoms with Gasteiger partial charge < -0.3 is 10.1 Å². The van der Waals surface area contributed by atoms with Gasteiger partial charge in [-0.3, -0.25) is 9.59 Å². The molecule has 1 heterocycles. The van der Waals surface area contributed by atoms with E-state index in [0.717, 1.165) is 11.3 Å². The highest BCUT2D eigenvalue weighted by molar-refractivity contribution is 7.99. The fourth-order valence-electron chi connectivity index (χ4n) is 2.51. The second kappa shape index (κ2) is 9.83. The number of thioether (sulfide) groups is 1. The number of methoxy groups -OCH3 is 1. The summed E-state index contributed by atoms with van der Waals surface area (Å²) in [5, 5.41) is 15.1. The van der Waals surface area contributed by atoms with E-state index in [4.69, 9.17) is 4.74 Å². The topological polar surface area (TPSA) is 99.0 Å². The number of tetrazole rings is 1. The SMILES string of the molecule is CCC(=O)Nc1ccc(C(=O)CSc2nnnn2Cc2ccc(OC)cc2)cc1. The highest BCUT2D eigenvalue weighted by atomic mass is 32.2. The van der Waals surface area contributed by atoms with Crippen LogP contribution in [0.25, 0.3) is 0 Å². The Bertz CT molecular complexity index is 971. The first-order chi connectivity index (χ1) is 14.1. The van der Waals surface area contributed by atoms with Gasteiger partial charge in [0.2, 0.25) is 11.1 Å². The zero-order chi connectivity index (χ0) is 20.6. The fourth-order valence-corrected chi connectivity index (χ4v) is 3.28. The molecule has 0 bridgehead atoms. The Hall–Kier alpha value is -3.20. The third-order valence-corrected chi connectivity index (χ3v) is 5.09. The minimum atomic E-state index is -0.0664. The lowest BCUT2D eigenvalue weighted by atomic mass is 10.1. The van der Waals surface area contributed by atoms with Crippen molar-refractivity contribution in [3.8, 4) is 5.75 Å². The number of amides is 1. The number of ketones is 1. The van der Waals surface area contributed by atoms with Crippen LogP contribution in [-0.4, -0.2) is 44.8 Å². The number of carbonyl (C=O) groups is 2. The highest BCUT2D eigenvalue weighted by Crippen LogP contribution is 2.19. The molecule has 2 aromatic carbocycles. The van der Waals surface area contributed by atoms with Crippen molar-refractivity contribution in [2.24, 2.45) is 0 Å². The number of nitrogens with one attached hydrogen (secondary N) is 1. The Morgan fingerprint density at radius 2 is 1.83 bits per heavy atom. The van der Waals surface area contributed by atoms with Gasteiger partial charge in [0.25, 0.3) is 0 Å². The van der Waals surface area contributed by atoms with Crippen molar-refractivity contribution in [1.29, 1.82) is 0 Å². The molecule has 9 heteroatoms. The zero-order valence-corrected chi connectivity index (χ0v) is 17.0. The smallest absolute Gasteiger partial charge is 0.224 e. The first-order valence-corrected chi connectivity index (χ1v) is 10.0. The molecule has 1 aromatic heterocycles. The highest BCUT2D eigenvalue weighted by Gasteiger charge is 2.12. The summed E-state index contributed by atoms with van der Waals surface area (Å²) in [5.74, 6) is 0.889. The molecule has 1 amide bonds. The van der Waals surface area contributed by atoms with Crippen LogP contribution < -0.4 is 10.1 Å². The van der Waals surface area contributed by atoms with Crippen LogP contribution in [0.2, 0.25) is 0 Å². The van der Waals surface area contributed by atoms with E-state index in [1.165, 1.54) is 11.8 Å². The second-order valence-electron chi connectivity index (χ2n) is 6.16. The summed E-state index contributed by atoms with van der Waals surface area (Å²) in [6.07, 6.45) is 0.405. The van der Waals surface area contributed by atoms with Gasteiger partial charge in [-0.05, 0) is 52.4 Å². The van der Waals surface area contributed by atoms with Crippen molar-refractivity contribution in [2.75, 3.05) is 18.2 Å². The van der Waals surface area contributed by atoms with Gasteiger partial charge in [0, 0.05) is 17.7 Å². The van der Waals surface area contributed by atoms with E-state index in [1.807, 2.05) is 24.3 Å². The number of hydrogen-bond donors (Lipinski definition) is 1. The molecule has 0 spiro atoms. The Morgan fingerprint density at radius 1 is 1.10 bits per heavy atom. The first kappa shape index (κ1) is 20.5. The number of hydrogen-bond acceptors (Lipinski definition) is 7. The maximum Gasteiger partial charge on any atom is 0.224 e. The summed E-state index contributed by atoms with van der Waals surface area (Å²) in [4.78, 5) is 23.9. The largest absolute Gasteiger partial charge is 0.497 e. The number of nitrogens with zero attached hydrogens (tertiary/aromatic N) is 4. The molecule has 0 saturated carbocycles. The van der Waals surface area contributed by atoms with Crippen LogP contribution in [0.4, 0.5) is 5.69 Å². The predicted octanol–water partition coefficient (Wildman–Crippen LogP) is 3.05. The van der Waals surface area contributed by atoms with Gasteiger partial charge >= 0.3 is 0 Å². The Labute approximate surface area is 172 Å². The van der Waals surface area contributed by atoms with Crippen LogP contribution in [-0.2, 0) is 11.3 Å². The molecule has 0 atom stereocenters.